The minimum absolute atomic E-state index is 0.205. The van der Waals surface area contributed by atoms with Crippen LogP contribution in [-0.2, 0) is 0 Å². The van der Waals surface area contributed by atoms with Crippen LogP contribution in [0.5, 0.6) is 0 Å². The maximum Gasteiger partial charge on any atom is 0.442 e. The maximum atomic E-state index is 11.1. The van der Waals surface area contributed by atoms with Crippen molar-refractivity contribution in [2.24, 2.45) is 0 Å². The van der Waals surface area contributed by atoms with E-state index in [1.807, 2.05) is 0 Å². The Hall–Kier alpha value is -1.69. The van der Waals surface area contributed by atoms with Gasteiger partial charge in [0.05, 0.1) is 5.56 Å². The third-order valence-corrected chi connectivity index (χ3v) is 2.58. The van der Waals surface area contributed by atoms with Crippen LogP contribution in [0, 0.1) is 0 Å². The van der Waals surface area contributed by atoms with Crippen LogP contribution in [0.2, 0.25) is 0 Å². The van der Waals surface area contributed by atoms with Crippen molar-refractivity contribution >= 4 is 22.2 Å². The number of benzene rings is 1. The van der Waals surface area contributed by atoms with Gasteiger partial charge in [0.15, 0.2) is 6.29 Å². The third-order valence-electron chi connectivity index (χ3n) is 1.90. The SMILES string of the molecule is O=Cc1ccccc1-[n+]1[nH]oc(=O)c1Br. The molecular formula is C9H6BrN2O3+. The average Bonchev–Trinajstić information content (AvgIpc) is 2.60. The maximum absolute atomic E-state index is 11.1. The molecule has 0 bridgehead atoms. The number of aldehydes is 1. The summed E-state index contributed by atoms with van der Waals surface area (Å²) < 4.78 is 6.13. The Kier molecular flexibility index (Phi) is 2.51. The highest BCUT2D eigenvalue weighted by atomic mass is 79.9. The van der Waals surface area contributed by atoms with Crippen LogP contribution >= 0.6 is 15.9 Å². The largest absolute Gasteiger partial charge is 0.442 e. The lowest BCUT2D eigenvalue weighted by Crippen LogP contribution is -2.36. The van der Waals surface area contributed by atoms with Gasteiger partial charge in [-0.15, -0.1) is 0 Å². The van der Waals surface area contributed by atoms with Crippen molar-refractivity contribution < 1.29 is 14.0 Å². The van der Waals surface area contributed by atoms with Gasteiger partial charge in [-0.2, -0.15) is 0 Å². The van der Waals surface area contributed by atoms with Gasteiger partial charge in [-0.25, -0.2) is 4.79 Å². The number of nitrogens with zero attached hydrogens (tertiary/aromatic N) is 1. The molecule has 1 N–H and O–H groups in total. The molecule has 2 aromatic rings. The van der Waals surface area contributed by atoms with E-state index in [0.29, 0.717) is 17.5 Å². The number of hydrogen-bond donors (Lipinski definition) is 1. The Labute approximate surface area is 92.4 Å². The molecule has 6 heteroatoms. The van der Waals surface area contributed by atoms with E-state index in [-0.39, 0.29) is 4.60 Å². The fourth-order valence-corrected chi connectivity index (χ4v) is 1.55. The van der Waals surface area contributed by atoms with Crippen molar-refractivity contribution in [3.05, 3.63) is 44.9 Å². The molecule has 0 fully saturated rings. The highest BCUT2D eigenvalue weighted by Crippen LogP contribution is 2.07. The summed E-state index contributed by atoms with van der Waals surface area (Å²) in [4.78, 5) is 21.8. The van der Waals surface area contributed by atoms with Crippen LogP contribution in [0.15, 0.2) is 38.2 Å². The molecule has 0 aliphatic carbocycles. The predicted molar refractivity (Wildman–Crippen MR) is 53.9 cm³/mol. The summed E-state index contributed by atoms with van der Waals surface area (Å²) in [6.07, 6.45) is 0.708. The molecule has 2 rings (SSSR count). The first-order valence-electron chi connectivity index (χ1n) is 4.07. The topological polar surface area (TPSA) is 66.9 Å². The molecule has 0 saturated carbocycles. The monoisotopic (exact) mass is 269 g/mol. The fraction of sp³-hybridized carbons (Fsp3) is 0. The number of aromatic amines is 1. The molecule has 1 aromatic carbocycles. The number of para-hydroxylation sites is 1. The lowest BCUT2D eigenvalue weighted by molar-refractivity contribution is -0.680. The lowest BCUT2D eigenvalue weighted by atomic mass is 10.2. The number of hydrogen-bond acceptors (Lipinski definition) is 3. The summed E-state index contributed by atoms with van der Waals surface area (Å²) in [5.41, 5.74) is 0.473. The van der Waals surface area contributed by atoms with Crippen LogP contribution < -0.4 is 10.3 Å². The predicted octanol–water partition coefficient (Wildman–Crippen LogP) is 0.820. The first-order chi connectivity index (χ1) is 7.24. The zero-order chi connectivity index (χ0) is 10.8. The normalized spacial score (nSPS) is 10.2. The van der Waals surface area contributed by atoms with Gasteiger partial charge in [0.25, 0.3) is 5.69 Å². The minimum Gasteiger partial charge on any atom is -0.298 e. The molecular weight excluding hydrogens is 264 g/mol. The fourth-order valence-electron chi connectivity index (χ4n) is 1.21. The molecule has 0 amide bonds. The molecule has 1 heterocycles. The molecule has 1 aromatic heterocycles. The van der Waals surface area contributed by atoms with Crippen LogP contribution in [0.4, 0.5) is 0 Å². The summed E-state index contributed by atoms with van der Waals surface area (Å²) in [6, 6.07) is 6.83. The Morgan fingerprint density at radius 2 is 2.13 bits per heavy atom. The van der Waals surface area contributed by atoms with Crippen molar-refractivity contribution in [2.75, 3.05) is 0 Å². The van der Waals surface area contributed by atoms with Crippen molar-refractivity contribution in [1.82, 2.24) is 5.27 Å². The summed E-state index contributed by atoms with van der Waals surface area (Å²) in [6.45, 7) is 0. The van der Waals surface area contributed by atoms with E-state index in [9.17, 15) is 9.59 Å². The first kappa shape index (κ1) is 9.85. The van der Waals surface area contributed by atoms with Crippen molar-refractivity contribution in [2.45, 2.75) is 0 Å². The summed E-state index contributed by atoms with van der Waals surface area (Å²) in [5, 5.41) is 2.39. The molecule has 0 atom stereocenters. The van der Waals surface area contributed by atoms with Gasteiger partial charge in [0.1, 0.15) is 0 Å². The average molecular weight is 270 g/mol. The number of nitrogens with one attached hydrogen (secondary N) is 1. The van der Waals surface area contributed by atoms with E-state index in [4.69, 9.17) is 0 Å². The number of aromatic nitrogens is 2. The molecule has 0 spiro atoms. The quantitative estimate of drug-likeness (QED) is 0.649. The Morgan fingerprint density at radius 3 is 2.73 bits per heavy atom. The minimum atomic E-state index is -0.532. The van der Waals surface area contributed by atoms with E-state index in [1.165, 1.54) is 4.68 Å². The second-order valence-corrected chi connectivity index (χ2v) is 3.53. The van der Waals surface area contributed by atoms with E-state index >= 15 is 0 Å². The van der Waals surface area contributed by atoms with Crippen LogP contribution in [0.1, 0.15) is 10.4 Å². The van der Waals surface area contributed by atoms with E-state index < -0.39 is 5.63 Å². The standard InChI is InChI=1S/C9H5BrN2O3/c10-8-9(14)15-11-12(8)7-4-2-1-3-6(7)5-13/h1-5H/p+1. The Balaban J connectivity index is 2.68. The van der Waals surface area contributed by atoms with Gasteiger partial charge < -0.3 is 0 Å². The Morgan fingerprint density at radius 1 is 1.40 bits per heavy atom. The number of H-pyrrole nitrogens is 1. The summed E-state index contributed by atoms with van der Waals surface area (Å²) >= 11 is 3.06. The summed E-state index contributed by atoms with van der Waals surface area (Å²) in [5.74, 6) is 0. The Bertz CT molecular complexity index is 558. The zero-order valence-corrected chi connectivity index (χ0v) is 9.02. The third kappa shape index (κ3) is 1.63. The summed E-state index contributed by atoms with van der Waals surface area (Å²) in [7, 11) is 0. The highest BCUT2D eigenvalue weighted by Gasteiger charge is 2.22. The van der Waals surface area contributed by atoms with Crippen molar-refractivity contribution in [3.63, 3.8) is 0 Å². The number of halogens is 1. The van der Waals surface area contributed by atoms with Gasteiger partial charge in [0.2, 0.25) is 0 Å². The second kappa shape index (κ2) is 3.82. The molecule has 0 aliphatic heterocycles. The van der Waals surface area contributed by atoms with Crippen LogP contribution in [-0.4, -0.2) is 11.6 Å². The zero-order valence-electron chi connectivity index (χ0n) is 7.44. The highest BCUT2D eigenvalue weighted by molar-refractivity contribution is 9.10. The van der Waals surface area contributed by atoms with Gasteiger partial charge in [-0.1, -0.05) is 12.1 Å². The van der Waals surface area contributed by atoms with E-state index in [2.05, 4.69) is 25.7 Å². The molecule has 0 unspecified atom stereocenters. The number of carbonyl (C=O) groups excluding carboxylic acids is 1. The van der Waals surface area contributed by atoms with Gasteiger partial charge >= 0.3 is 10.2 Å². The van der Waals surface area contributed by atoms with Gasteiger partial charge in [-0.3, -0.25) is 9.32 Å². The molecule has 0 aliphatic rings. The number of rotatable bonds is 2. The van der Waals surface area contributed by atoms with Gasteiger partial charge in [-0.05, 0) is 16.0 Å². The molecule has 15 heavy (non-hydrogen) atoms. The smallest absolute Gasteiger partial charge is 0.298 e. The molecule has 5 nitrogen and oxygen atoms in total. The van der Waals surface area contributed by atoms with Crippen molar-refractivity contribution in [3.8, 4) is 5.69 Å². The lowest BCUT2D eigenvalue weighted by Gasteiger charge is -1.92. The molecule has 0 radical (unpaired) electrons. The van der Waals surface area contributed by atoms with Gasteiger partial charge in [0, 0.05) is 22.0 Å². The number of carbonyl (C=O) groups is 1. The van der Waals surface area contributed by atoms with Crippen LogP contribution in [0.3, 0.4) is 0 Å². The van der Waals surface area contributed by atoms with Crippen LogP contribution in [0.25, 0.3) is 5.69 Å². The molecule has 0 saturated heterocycles. The van der Waals surface area contributed by atoms with E-state index in [0.717, 1.165) is 0 Å². The first-order valence-corrected chi connectivity index (χ1v) is 4.87. The van der Waals surface area contributed by atoms with E-state index in [1.54, 1.807) is 24.3 Å². The second-order valence-electron chi connectivity index (χ2n) is 2.78. The molecule has 76 valence electrons. The van der Waals surface area contributed by atoms with Crippen molar-refractivity contribution in [1.29, 1.82) is 0 Å².